The average molecular weight is 575 g/mol. The van der Waals surface area contributed by atoms with Gasteiger partial charge < -0.3 is 20.5 Å². The quantitative estimate of drug-likeness (QED) is 0.303. The highest BCUT2D eigenvalue weighted by molar-refractivity contribution is 5.97. The van der Waals surface area contributed by atoms with Crippen molar-refractivity contribution in [2.24, 2.45) is 0 Å². The first-order valence-corrected chi connectivity index (χ1v) is 13.7. The molecule has 42 heavy (non-hydrogen) atoms. The summed E-state index contributed by atoms with van der Waals surface area (Å²) < 4.78 is 5.30. The number of carbonyl (C=O) groups excluding carboxylic acids is 3. The molecule has 0 aliphatic carbocycles. The fourth-order valence-electron chi connectivity index (χ4n) is 3.99. The Hall–Kier alpha value is -4.60. The molecule has 10 nitrogen and oxygen atoms in total. The molecule has 1 heterocycles. The van der Waals surface area contributed by atoms with E-state index in [-0.39, 0.29) is 30.4 Å². The van der Waals surface area contributed by atoms with Crippen LogP contribution in [0.1, 0.15) is 79.8 Å². The van der Waals surface area contributed by atoms with Crippen LogP contribution < -0.4 is 10.6 Å². The van der Waals surface area contributed by atoms with E-state index in [2.05, 4.69) is 41.4 Å². The number of hydrogen-bond donors (Lipinski definition) is 3. The lowest BCUT2D eigenvalue weighted by atomic mass is 9.86. The van der Waals surface area contributed by atoms with Gasteiger partial charge in [-0.25, -0.2) is 14.8 Å². The van der Waals surface area contributed by atoms with Crippen LogP contribution in [0.15, 0.2) is 60.9 Å². The number of ether oxygens (including phenoxy) is 1. The summed E-state index contributed by atoms with van der Waals surface area (Å²) in [7, 11) is 0. The molecule has 2 amide bonds. The minimum atomic E-state index is -1.11. The van der Waals surface area contributed by atoms with Gasteiger partial charge >= 0.3 is 11.9 Å². The molecule has 0 radical (unpaired) electrons. The van der Waals surface area contributed by atoms with Crippen LogP contribution in [0.2, 0.25) is 0 Å². The van der Waals surface area contributed by atoms with E-state index in [9.17, 15) is 19.2 Å². The van der Waals surface area contributed by atoms with Gasteiger partial charge in [-0.05, 0) is 49.4 Å². The van der Waals surface area contributed by atoms with Gasteiger partial charge in [-0.2, -0.15) is 0 Å². The number of rotatable bonds is 10. The first-order valence-electron chi connectivity index (χ1n) is 13.7. The molecule has 1 aromatic heterocycles. The fraction of sp³-hybridized carbons (Fsp3) is 0.375. The molecule has 0 unspecified atom stereocenters. The largest absolute Gasteiger partial charge is 0.478 e. The van der Waals surface area contributed by atoms with Gasteiger partial charge in [0, 0.05) is 36.5 Å². The van der Waals surface area contributed by atoms with Crippen molar-refractivity contribution in [3.05, 3.63) is 83.2 Å². The van der Waals surface area contributed by atoms with Crippen molar-refractivity contribution in [2.75, 3.05) is 6.54 Å². The van der Waals surface area contributed by atoms with Crippen LogP contribution in [0, 0.1) is 0 Å². The number of amides is 2. The summed E-state index contributed by atoms with van der Waals surface area (Å²) in [6, 6.07) is 13.4. The normalized spacial score (nSPS) is 12.2. The highest BCUT2D eigenvalue weighted by Crippen LogP contribution is 2.22. The number of carboxylic acid groups (broad SMARTS) is 1. The van der Waals surface area contributed by atoms with Gasteiger partial charge in [0.25, 0.3) is 5.91 Å². The molecule has 0 bridgehead atoms. The molecular formula is C32H38N4O6. The summed E-state index contributed by atoms with van der Waals surface area (Å²) in [5, 5.41) is 14.6. The maximum absolute atomic E-state index is 13.2. The Morgan fingerprint density at radius 2 is 1.45 bits per heavy atom. The van der Waals surface area contributed by atoms with Crippen LogP contribution in [0.25, 0.3) is 11.4 Å². The maximum atomic E-state index is 13.2. The molecule has 0 fully saturated rings. The molecule has 222 valence electrons. The molecular weight excluding hydrogens is 536 g/mol. The third-order valence-corrected chi connectivity index (χ3v) is 6.23. The van der Waals surface area contributed by atoms with Gasteiger partial charge in [0.1, 0.15) is 11.6 Å². The number of benzene rings is 2. The number of carbonyl (C=O) groups is 4. The predicted octanol–water partition coefficient (Wildman–Crippen LogP) is 4.33. The van der Waals surface area contributed by atoms with Gasteiger partial charge in [-0.15, -0.1) is 0 Å². The zero-order valence-corrected chi connectivity index (χ0v) is 24.9. The van der Waals surface area contributed by atoms with E-state index in [0.29, 0.717) is 17.0 Å². The van der Waals surface area contributed by atoms with Crippen molar-refractivity contribution in [2.45, 2.75) is 71.4 Å². The summed E-state index contributed by atoms with van der Waals surface area (Å²) in [6.07, 6.45) is 2.65. The number of aromatic carboxylic acids is 1. The van der Waals surface area contributed by atoms with Crippen molar-refractivity contribution in [3.63, 3.8) is 0 Å². The first kappa shape index (κ1) is 31.9. The lowest BCUT2D eigenvalue weighted by molar-refractivity contribution is -0.154. The Bertz CT molecular complexity index is 1400. The molecule has 0 spiro atoms. The second kappa shape index (κ2) is 13.4. The minimum absolute atomic E-state index is 0.00664. The van der Waals surface area contributed by atoms with Gasteiger partial charge in [-0.3, -0.25) is 14.4 Å². The second-order valence-corrected chi connectivity index (χ2v) is 12.0. The average Bonchev–Trinajstić information content (AvgIpc) is 2.91. The topological polar surface area (TPSA) is 148 Å². The van der Waals surface area contributed by atoms with Gasteiger partial charge in [0.05, 0.1) is 12.0 Å². The third-order valence-electron chi connectivity index (χ3n) is 6.23. The zero-order chi connectivity index (χ0) is 31.1. The number of esters is 1. The van der Waals surface area contributed by atoms with Crippen LogP contribution in [-0.4, -0.2) is 57.0 Å². The van der Waals surface area contributed by atoms with Crippen LogP contribution in [0.4, 0.5) is 0 Å². The summed E-state index contributed by atoms with van der Waals surface area (Å²) in [6.45, 7) is 11.6. The Labute approximate surface area is 245 Å². The van der Waals surface area contributed by atoms with E-state index in [4.69, 9.17) is 9.84 Å². The number of nitrogens with zero attached hydrogens (tertiary/aromatic N) is 2. The standard InChI is InChI=1S/C32H38N4O6/c1-31(2,3)24-13-11-22(12-14-24)28(38)36-25(29(39)33-16-15-26(37)42-32(4,5)6)17-20-7-9-21(10-8-20)27-34-18-23(19-35-27)30(40)41/h7-14,18-19,25H,15-17H2,1-6H3,(H,33,39)(H,36,38)(H,40,41)/t25-/m0/s1. The smallest absolute Gasteiger partial charge is 0.338 e. The van der Waals surface area contributed by atoms with Gasteiger partial charge in [0.2, 0.25) is 5.91 Å². The van der Waals surface area contributed by atoms with Crippen molar-refractivity contribution < 1.29 is 29.0 Å². The van der Waals surface area contributed by atoms with Crippen molar-refractivity contribution in [1.29, 1.82) is 0 Å². The first-order chi connectivity index (χ1) is 19.6. The minimum Gasteiger partial charge on any atom is -0.478 e. The molecule has 3 rings (SSSR count). The van der Waals surface area contributed by atoms with Gasteiger partial charge in [-0.1, -0.05) is 57.2 Å². The van der Waals surface area contributed by atoms with E-state index in [1.807, 2.05) is 12.1 Å². The summed E-state index contributed by atoms with van der Waals surface area (Å²) in [4.78, 5) is 57.7. The Balaban J connectivity index is 1.74. The Morgan fingerprint density at radius 1 is 0.857 bits per heavy atom. The van der Waals surface area contributed by atoms with Gasteiger partial charge in [0.15, 0.2) is 5.82 Å². The van der Waals surface area contributed by atoms with E-state index in [1.165, 1.54) is 12.4 Å². The number of aromatic nitrogens is 2. The molecule has 1 atom stereocenters. The molecule has 10 heteroatoms. The van der Waals surface area contributed by atoms with E-state index >= 15 is 0 Å². The SMILES string of the molecule is CC(C)(C)OC(=O)CCNC(=O)[C@H](Cc1ccc(-c2ncc(C(=O)O)cn2)cc1)NC(=O)c1ccc(C(C)(C)C)cc1. The van der Waals surface area contributed by atoms with Crippen LogP contribution in [-0.2, 0) is 26.2 Å². The Kier molecular flexibility index (Phi) is 10.2. The zero-order valence-electron chi connectivity index (χ0n) is 24.9. The second-order valence-electron chi connectivity index (χ2n) is 12.0. The molecule has 3 N–H and O–H groups in total. The monoisotopic (exact) mass is 574 g/mol. The number of hydrogen-bond acceptors (Lipinski definition) is 7. The Morgan fingerprint density at radius 3 is 1.98 bits per heavy atom. The van der Waals surface area contributed by atoms with Crippen LogP contribution in [0.3, 0.4) is 0 Å². The molecule has 0 saturated heterocycles. The molecule has 2 aromatic carbocycles. The fourth-order valence-corrected chi connectivity index (χ4v) is 3.99. The molecule has 0 saturated carbocycles. The highest BCUT2D eigenvalue weighted by Gasteiger charge is 2.23. The lowest BCUT2D eigenvalue weighted by Gasteiger charge is -2.21. The highest BCUT2D eigenvalue weighted by atomic mass is 16.6. The van der Waals surface area contributed by atoms with E-state index in [0.717, 1.165) is 11.1 Å². The summed E-state index contributed by atoms with van der Waals surface area (Å²) >= 11 is 0. The molecule has 0 aliphatic rings. The summed E-state index contributed by atoms with van der Waals surface area (Å²) in [5.41, 5.74) is 2.22. The number of nitrogens with one attached hydrogen (secondary N) is 2. The van der Waals surface area contributed by atoms with E-state index < -0.39 is 35.4 Å². The molecule has 3 aromatic rings. The third kappa shape index (κ3) is 9.50. The van der Waals surface area contributed by atoms with Crippen molar-refractivity contribution >= 4 is 23.8 Å². The van der Waals surface area contributed by atoms with Crippen molar-refractivity contribution in [3.8, 4) is 11.4 Å². The predicted molar refractivity (Wildman–Crippen MR) is 158 cm³/mol. The van der Waals surface area contributed by atoms with Crippen LogP contribution >= 0.6 is 0 Å². The lowest BCUT2D eigenvalue weighted by Crippen LogP contribution is -2.48. The summed E-state index contributed by atoms with van der Waals surface area (Å²) in [5.74, 6) is -2.02. The van der Waals surface area contributed by atoms with Crippen molar-refractivity contribution in [1.82, 2.24) is 20.6 Å². The molecule has 0 aliphatic heterocycles. The number of carboxylic acids is 1. The maximum Gasteiger partial charge on any atom is 0.338 e. The van der Waals surface area contributed by atoms with Crippen LogP contribution in [0.5, 0.6) is 0 Å². The van der Waals surface area contributed by atoms with E-state index in [1.54, 1.807) is 57.2 Å².